The van der Waals surface area contributed by atoms with Crippen LogP contribution in [0.5, 0.6) is 0 Å². The zero-order chi connectivity index (χ0) is 11.8. The van der Waals surface area contributed by atoms with Gasteiger partial charge in [0, 0.05) is 12.6 Å². The molecule has 17 heavy (non-hydrogen) atoms. The molecule has 3 N–H and O–H groups in total. The molecule has 0 aliphatic heterocycles. The molecule has 1 unspecified atom stereocenters. The molecule has 0 saturated heterocycles. The summed E-state index contributed by atoms with van der Waals surface area (Å²) in [6, 6.07) is 0.0453. The molecule has 98 valence electrons. The van der Waals surface area contributed by atoms with Crippen molar-refractivity contribution >= 4 is 18.3 Å². The van der Waals surface area contributed by atoms with Gasteiger partial charge in [0.05, 0.1) is 0 Å². The Kier molecular flexibility index (Phi) is 8.25. The van der Waals surface area contributed by atoms with Crippen molar-refractivity contribution in [1.29, 1.82) is 0 Å². The Morgan fingerprint density at radius 2 is 2.35 bits per heavy atom. The van der Waals surface area contributed by atoms with Gasteiger partial charge >= 0.3 is 0 Å². The predicted octanol–water partition coefficient (Wildman–Crippen LogP) is -0.271. The molecule has 1 amide bonds. The Bertz CT molecular complexity index is 304. The molecule has 0 aromatic carbocycles. The van der Waals surface area contributed by atoms with E-state index in [0.717, 1.165) is 19.3 Å². The van der Waals surface area contributed by atoms with Crippen LogP contribution in [-0.4, -0.2) is 38.7 Å². The van der Waals surface area contributed by atoms with Crippen LogP contribution >= 0.6 is 12.4 Å². The fraction of sp³-hybridized carbons (Fsp3) is 0.778. The molecule has 0 aliphatic rings. The van der Waals surface area contributed by atoms with E-state index in [4.69, 9.17) is 5.73 Å². The third-order valence-electron chi connectivity index (χ3n) is 2.25. The first kappa shape index (κ1) is 15.8. The molecule has 0 spiro atoms. The molecule has 8 heteroatoms. The van der Waals surface area contributed by atoms with Crippen LogP contribution in [0.1, 0.15) is 26.2 Å². The number of hydrogen-bond acceptors (Lipinski definition) is 5. The van der Waals surface area contributed by atoms with E-state index >= 15 is 0 Å². The van der Waals surface area contributed by atoms with Crippen molar-refractivity contribution in [1.82, 2.24) is 25.5 Å². The van der Waals surface area contributed by atoms with Gasteiger partial charge in [-0.2, -0.15) is 0 Å². The third-order valence-corrected chi connectivity index (χ3v) is 2.25. The van der Waals surface area contributed by atoms with E-state index in [9.17, 15) is 4.79 Å². The summed E-state index contributed by atoms with van der Waals surface area (Å²) in [7, 11) is 0. The summed E-state index contributed by atoms with van der Waals surface area (Å²) in [4.78, 5) is 11.6. The number of hydrogen-bond donors (Lipinski definition) is 2. The Labute approximate surface area is 107 Å². The van der Waals surface area contributed by atoms with Gasteiger partial charge in [-0.1, -0.05) is 19.8 Å². The van der Waals surface area contributed by atoms with Gasteiger partial charge in [0.15, 0.2) is 0 Å². The molecule has 0 radical (unpaired) electrons. The summed E-state index contributed by atoms with van der Waals surface area (Å²) < 4.78 is 1.38. The fourth-order valence-corrected chi connectivity index (χ4v) is 1.37. The second kappa shape index (κ2) is 8.89. The zero-order valence-corrected chi connectivity index (χ0v) is 10.7. The molecule has 0 aliphatic carbocycles. The SMILES string of the molecule is CCCCC(CN)NC(=O)Cn1cnnn1.Cl. The molecular weight excluding hydrogens is 244 g/mol. The number of nitrogens with zero attached hydrogens (tertiary/aromatic N) is 4. The number of nitrogens with two attached hydrogens (primary N) is 1. The van der Waals surface area contributed by atoms with Crippen molar-refractivity contribution in [2.45, 2.75) is 38.8 Å². The summed E-state index contributed by atoms with van der Waals surface area (Å²) in [5.41, 5.74) is 5.57. The molecule has 0 bridgehead atoms. The Morgan fingerprint density at radius 1 is 1.59 bits per heavy atom. The number of tetrazole rings is 1. The van der Waals surface area contributed by atoms with E-state index in [1.807, 2.05) is 0 Å². The molecule has 1 heterocycles. The summed E-state index contributed by atoms with van der Waals surface area (Å²) in [6.45, 7) is 2.70. The number of aromatic nitrogens is 4. The van der Waals surface area contributed by atoms with Crippen LogP contribution in [-0.2, 0) is 11.3 Å². The van der Waals surface area contributed by atoms with Crippen LogP contribution in [0.25, 0.3) is 0 Å². The Hall–Kier alpha value is -1.21. The lowest BCUT2D eigenvalue weighted by atomic mass is 10.1. The van der Waals surface area contributed by atoms with Crippen molar-refractivity contribution in [2.24, 2.45) is 5.73 Å². The fourth-order valence-electron chi connectivity index (χ4n) is 1.37. The lowest BCUT2D eigenvalue weighted by Gasteiger charge is -2.16. The number of unbranched alkanes of at least 4 members (excludes halogenated alkanes) is 1. The standard InChI is InChI=1S/C9H18N6O.ClH/c1-2-3-4-8(5-10)12-9(16)6-15-7-11-13-14-15;/h7-8H,2-6,10H2,1H3,(H,12,16);1H. The molecule has 1 aromatic rings. The van der Waals surface area contributed by atoms with Crippen LogP contribution in [0.4, 0.5) is 0 Å². The van der Waals surface area contributed by atoms with Crippen LogP contribution < -0.4 is 11.1 Å². The normalized spacial score (nSPS) is 11.6. The quantitative estimate of drug-likeness (QED) is 0.705. The van der Waals surface area contributed by atoms with Crippen LogP contribution in [0.2, 0.25) is 0 Å². The minimum atomic E-state index is -0.112. The Morgan fingerprint density at radius 3 is 2.88 bits per heavy atom. The highest BCUT2D eigenvalue weighted by Crippen LogP contribution is 1.99. The number of carbonyl (C=O) groups is 1. The van der Waals surface area contributed by atoms with Gasteiger partial charge < -0.3 is 11.1 Å². The van der Waals surface area contributed by atoms with Gasteiger partial charge in [-0.25, -0.2) is 4.68 Å². The predicted molar refractivity (Wildman–Crippen MR) is 65.6 cm³/mol. The highest BCUT2D eigenvalue weighted by atomic mass is 35.5. The molecule has 1 rings (SSSR count). The van der Waals surface area contributed by atoms with Crippen LogP contribution in [0.15, 0.2) is 6.33 Å². The van der Waals surface area contributed by atoms with Crippen molar-refractivity contribution in [3.8, 4) is 0 Å². The maximum Gasteiger partial charge on any atom is 0.242 e. The van der Waals surface area contributed by atoms with Gasteiger partial charge in [0.1, 0.15) is 12.9 Å². The minimum Gasteiger partial charge on any atom is -0.350 e. The van der Waals surface area contributed by atoms with Gasteiger partial charge in [-0.15, -0.1) is 17.5 Å². The Balaban J connectivity index is 0.00000256. The smallest absolute Gasteiger partial charge is 0.242 e. The van der Waals surface area contributed by atoms with Crippen molar-refractivity contribution in [3.05, 3.63) is 6.33 Å². The lowest BCUT2D eigenvalue weighted by molar-refractivity contribution is -0.122. The number of halogens is 1. The van der Waals surface area contributed by atoms with Crippen molar-refractivity contribution in [2.75, 3.05) is 6.54 Å². The number of nitrogens with one attached hydrogen (secondary N) is 1. The zero-order valence-electron chi connectivity index (χ0n) is 9.87. The summed E-state index contributed by atoms with van der Waals surface area (Å²) >= 11 is 0. The van der Waals surface area contributed by atoms with Crippen molar-refractivity contribution < 1.29 is 4.79 Å². The maximum atomic E-state index is 11.6. The lowest BCUT2D eigenvalue weighted by Crippen LogP contribution is -2.41. The van der Waals surface area contributed by atoms with E-state index in [-0.39, 0.29) is 30.9 Å². The molecule has 7 nitrogen and oxygen atoms in total. The first-order chi connectivity index (χ1) is 7.76. The summed E-state index contributed by atoms with van der Waals surface area (Å²) in [6.07, 6.45) is 4.48. The van der Waals surface area contributed by atoms with E-state index in [0.29, 0.717) is 6.54 Å². The second-order valence-electron chi connectivity index (χ2n) is 3.65. The van der Waals surface area contributed by atoms with Crippen molar-refractivity contribution in [3.63, 3.8) is 0 Å². The van der Waals surface area contributed by atoms with Gasteiger partial charge in [-0.3, -0.25) is 4.79 Å². The molecule has 0 saturated carbocycles. The first-order valence-electron chi connectivity index (χ1n) is 5.46. The molecular formula is C9H19ClN6O. The molecule has 1 aromatic heterocycles. The number of carbonyl (C=O) groups excluding carboxylic acids is 1. The monoisotopic (exact) mass is 262 g/mol. The highest BCUT2D eigenvalue weighted by molar-refractivity contribution is 5.85. The van der Waals surface area contributed by atoms with Gasteiger partial charge in [0.2, 0.25) is 5.91 Å². The van der Waals surface area contributed by atoms with E-state index in [1.165, 1.54) is 11.0 Å². The summed E-state index contributed by atoms with van der Waals surface area (Å²) in [5.74, 6) is -0.112. The highest BCUT2D eigenvalue weighted by Gasteiger charge is 2.10. The third kappa shape index (κ3) is 6.18. The molecule has 0 fully saturated rings. The second-order valence-corrected chi connectivity index (χ2v) is 3.65. The minimum absolute atomic E-state index is 0. The van der Waals surface area contributed by atoms with E-state index in [1.54, 1.807) is 0 Å². The van der Waals surface area contributed by atoms with Gasteiger partial charge in [-0.05, 0) is 16.8 Å². The van der Waals surface area contributed by atoms with Crippen LogP contribution in [0.3, 0.4) is 0 Å². The summed E-state index contributed by atoms with van der Waals surface area (Å²) in [5, 5.41) is 13.4. The number of rotatable bonds is 7. The van der Waals surface area contributed by atoms with Gasteiger partial charge in [0.25, 0.3) is 0 Å². The van der Waals surface area contributed by atoms with Crippen LogP contribution in [0, 0.1) is 0 Å². The number of amides is 1. The average molecular weight is 263 g/mol. The largest absolute Gasteiger partial charge is 0.350 e. The van der Waals surface area contributed by atoms with E-state index in [2.05, 4.69) is 27.8 Å². The molecule has 1 atom stereocenters. The topological polar surface area (TPSA) is 98.7 Å². The average Bonchev–Trinajstić information content (AvgIpc) is 2.76. The van der Waals surface area contributed by atoms with E-state index < -0.39 is 0 Å². The maximum absolute atomic E-state index is 11.6. The first-order valence-corrected chi connectivity index (χ1v) is 5.46.